The lowest BCUT2D eigenvalue weighted by Crippen LogP contribution is -2.31. The predicted molar refractivity (Wildman–Crippen MR) is 158 cm³/mol. The van der Waals surface area contributed by atoms with Crippen LogP contribution < -0.4 is 20.7 Å². The molecule has 2 aliphatic rings. The number of aliphatic hydroxyl groups excluding tert-OH is 2. The van der Waals surface area contributed by atoms with E-state index in [2.05, 4.69) is 32.0 Å². The number of methoxy groups -OCH3 is 1. The Balaban J connectivity index is 1.38. The molecule has 220 valence electrons. The lowest BCUT2D eigenvalue weighted by molar-refractivity contribution is 0.189. The summed E-state index contributed by atoms with van der Waals surface area (Å²) < 4.78 is 33.8. The summed E-state index contributed by atoms with van der Waals surface area (Å²) in [5.41, 5.74) is 3.37. The smallest absolute Gasteiger partial charge is 0.245 e. The van der Waals surface area contributed by atoms with Crippen molar-refractivity contribution in [2.45, 2.75) is 49.1 Å². The standard InChI is InChI=1S/C28H35ClN6O5S/c1-40-26-21-10-9-19(30-13-15-36)8-6-18(21)7-11-24(26)33-28-31-16-22(29)27(34-28)32-23-4-2-3-5-25(23)41(38,39)35-14-12-20(37)17-35/h2-5,7,11,16,19-20,30,36-37H,6,8-10,12-15,17H2,1H3,(H2,31,32,33,34). The molecule has 0 amide bonds. The molecule has 2 heterocycles. The van der Waals surface area contributed by atoms with Gasteiger partial charge in [0, 0.05) is 25.7 Å². The molecule has 1 fully saturated rings. The number of hydrogen-bond acceptors (Lipinski definition) is 10. The summed E-state index contributed by atoms with van der Waals surface area (Å²) in [6, 6.07) is 10.9. The average Bonchev–Trinajstić information content (AvgIpc) is 3.31. The highest BCUT2D eigenvalue weighted by atomic mass is 35.5. The van der Waals surface area contributed by atoms with Crippen molar-refractivity contribution in [3.8, 4) is 5.75 Å². The van der Waals surface area contributed by atoms with Gasteiger partial charge in [0.1, 0.15) is 15.7 Å². The normalized spacial score (nSPS) is 19.4. The highest BCUT2D eigenvalue weighted by Crippen LogP contribution is 2.37. The Labute approximate surface area is 245 Å². The fraction of sp³-hybridized carbons (Fsp3) is 0.429. The van der Waals surface area contributed by atoms with Crippen LogP contribution in [0, 0.1) is 0 Å². The van der Waals surface area contributed by atoms with Crippen LogP contribution in [0.4, 0.5) is 23.1 Å². The fourth-order valence-corrected chi connectivity index (χ4v) is 7.18. The largest absolute Gasteiger partial charge is 0.494 e. The van der Waals surface area contributed by atoms with Crippen molar-refractivity contribution in [1.29, 1.82) is 0 Å². The second-order valence-corrected chi connectivity index (χ2v) is 12.5. The molecule has 11 nitrogen and oxygen atoms in total. The molecule has 0 radical (unpaired) electrons. The zero-order chi connectivity index (χ0) is 29.0. The molecule has 2 unspecified atom stereocenters. The van der Waals surface area contributed by atoms with E-state index in [9.17, 15) is 13.5 Å². The number of benzene rings is 2. The first-order valence-corrected chi connectivity index (χ1v) is 15.5. The first-order chi connectivity index (χ1) is 19.8. The van der Waals surface area contributed by atoms with Crippen LogP contribution in [-0.4, -0.2) is 78.4 Å². The molecule has 13 heteroatoms. The van der Waals surface area contributed by atoms with Gasteiger partial charge >= 0.3 is 0 Å². The molecule has 2 aromatic carbocycles. The van der Waals surface area contributed by atoms with Gasteiger partial charge in [-0.2, -0.15) is 9.29 Å². The number of hydrogen-bond donors (Lipinski definition) is 5. The number of aliphatic hydroxyl groups is 2. The third-order valence-electron chi connectivity index (χ3n) is 7.49. The van der Waals surface area contributed by atoms with Gasteiger partial charge in [-0.1, -0.05) is 29.8 Å². The van der Waals surface area contributed by atoms with E-state index in [1.165, 1.54) is 22.1 Å². The first kappa shape index (κ1) is 29.5. The maximum absolute atomic E-state index is 13.3. The van der Waals surface area contributed by atoms with Crippen LogP contribution in [0.5, 0.6) is 5.75 Å². The minimum absolute atomic E-state index is 0.0570. The number of aromatic nitrogens is 2. The van der Waals surface area contributed by atoms with Gasteiger partial charge < -0.3 is 30.9 Å². The number of halogens is 1. The number of fused-ring (bicyclic) bond motifs is 1. The van der Waals surface area contributed by atoms with Crippen LogP contribution in [0.3, 0.4) is 0 Å². The van der Waals surface area contributed by atoms with Gasteiger partial charge in [0.2, 0.25) is 16.0 Å². The lowest BCUT2D eigenvalue weighted by Gasteiger charge is -2.19. The maximum atomic E-state index is 13.3. The summed E-state index contributed by atoms with van der Waals surface area (Å²) in [7, 11) is -2.21. The third-order valence-corrected chi connectivity index (χ3v) is 9.69. The number of rotatable bonds is 10. The van der Waals surface area contributed by atoms with E-state index in [1.807, 2.05) is 6.07 Å². The predicted octanol–water partition coefficient (Wildman–Crippen LogP) is 3.21. The van der Waals surface area contributed by atoms with Gasteiger partial charge in [0.05, 0.1) is 37.4 Å². The molecule has 1 saturated heterocycles. The highest BCUT2D eigenvalue weighted by Gasteiger charge is 2.33. The summed E-state index contributed by atoms with van der Waals surface area (Å²) in [4.78, 5) is 8.94. The van der Waals surface area contributed by atoms with Crippen molar-refractivity contribution in [3.63, 3.8) is 0 Å². The van der Waals surface area contributed by atoms with E-state index in [4.69, 9.17) is 21.4 Å². The Kier molecular flexibility index (Phi) is 9.27. The number of β-amino-alcohol motifs (C(OH)–C–C–N with tert-alkyl or cyclic N) is 1. The number of aryl methyl sites for hydroxylation is 1. The van der Waals surface area contributed by atoms with Crippen molar-refractivity contribution in [1.82, 2.24) is 19.6 Å². The highest BCUT2D eigenvalue weighted by molar-refractivity contribution is 7.89. The van der Waals surface area contributed by atoms with Crippen molar-refractivity contribution in [2.24, 2.45) is 0 Å². The summed E-state index contributed by atoms with van der Waals surface area (Å²) >= 11 is 6.43. The topological polar surface area (TPSA) is 149 Å². The molecule has 0 spiro atoms. The summed E-state index contributed by atoms with van der Waals surface area (Å²) in [5.74, 6) is 1.22. The van der Waals surface area contributed by atoms with Crippen molar-refractivity contribution < 1.29 is 23.4 Å². The third kappa shape index (κ3) is 6.58. The van der Waals surface area contributed by atoms with Crippen LogP contribution in [0.2, 0.25) is 5.02 Å². The van der Waals surface area contributed by atoms with Crippen LogP contribution in [0.15, 0.2) is 47.5 Å². The van der Waals surface area contributed by atoms with Gasteiger partial charge in [-0.15, -0.1) is 0 Å². The quantitative estimate of drug-likeness (QED) is 0.219. The zero-order valence-electron chi connectivity index (χ0n) is 22.8. The van der Waals surface area contributed by atoms with Crippen LogP contribution in [0.1, 0.15) is 30.4 Å². The molecule has 1 aliphatic heterocycles. The Morgan fingerprint density at radius 3 is 2.66 bits per heavy atom. The second-order valence-electron chi connectivity index (χ2n) is 10.2. The molecule has 41 heavy (non-hydrogen) atoms. The first-order valence-electron chi connectivity index (χ1n) is 13.7. The fourth-order valence-electron chi connectivity index (χ4n) is 5.40. The molecule has 0 bridgehead atoms. The van der Waals surface area contributed by atoms with Gasteiger partial charge in [-0.25, -0.2) is 13.4 Å². The van der Waals surface area contributed by atoms with E-state index in [1.54, 1.807) is 25.3 Å². The minimum Gasteiger partial charge on any atom is -0.494 e. The summed E-state index contributed by atoms with van der Waals surface area (Å²) in [6.45, 7) is 1.000. The number of nitrogens with one attached hydrogen (secondary N) is 3. The second kappa shape index (κ2) is 12.9. The Bertz CT molecular complexity index is 1490. The van der Waals surface area contributed by atoms with Gasteiger partial charge in [0.25, 0.3) is 0 Å². The van der Waals surface area contributed by atoms with Gasteiger partial charge in [-0.3, -0.25) is 0 Å². The molecule has 5 rings (SSSR count). The monoisotopic (exact) mass is 602 g/mol. The van der Waals surface area contributed by atoms with Crippen molar-refractivity contribution >= 4 is 44.8 Å². The number of nitrogens with zero attached hydrogens (tertiary/aromatic N) is 3. The Morgan fingerprint density at radius 2 is 1.90 bits per heavy atom. The molecular formula is C28H35ClN6O5S. The van der Waals surface area contributed by atoms with Gasteiger partial charge in [-0.05, 0) is 61.4 Å². The molecule has 3 aromatic rings. The van der Waals surface area contributed by atoms with Crippen molar-refractivity contribution in [2.75, 3.05) is 44.0 Å². The SMILES string of the molecule is COc1c(Nc2ncc(Cl)c(Nc3ccccc3S(=O)(=O)N3CCC(O)C3)n2)ccc2c1CCC(NCCO)CC2. The number of anilines is 4. The lowest BCUT2D eigenvalue weighted by atomic mass is 10.0. The van der Waals surface area contributed by atoms with Crippen LogP contribution in [0.25, 0.3) is 0 Å². The molecule has 5 N–H and O–H groups in total. The molecule has 0 saturated carbocycles. The van der Waals surface area contributed by atoms with E-state index in [-0.39, 0.29) is 41.4 Å². The molecular weight excluding hydrogens is 568 g/mol. The minimum atomic E-state index is -3.85. The molecule has 2 atom stereocenters. The van der Waals surface area contributed by atoms with E-state index in [0.717, 1.165) is 37.0 Å². The number of ether oxygens (including phenoxy) is 1. The maximum Gasteiger partial charge on any atom is 0.245 e. The number of sulfonamides is 1. The Hall–Kier alpha value is -3.00. The van der Waals surface area contributed by atoms with Crippen LogP contribution in [-0.2, 0) is 22.9 Å². The van der Waals surface area contributed by atoms with E-state index < -0.39 is 16.1 Å². The van der Waals surface area contributed by atoms with E-state index >= 15 is 0 Å². The number of para-hydroxylation sites is 1. The van der Waals surface area contributed by atoms with Gasteiger partial charge in [0.15, 0.2) is 5.82 Å². The summed E-state index contributed by atoms with van der Waals surface area (Å²) in [5, 5.41) is 29.0. The van der Waals surface area contributed by atoms with Crippen molar-refractivity contribution in [3.05, 3.63) is 58.7 Å². The summed E-state index contributed by atoms with van der Waals surface area (Å²) in [6.07, 6.45) is 4.80. The van der Waals surface area contributed by atoms with Crippen LogP contribution >= 0.6 is 11.6 Å². The van der Waals surface area contributed by atoms with E-state index in [0.29, 0.717) is 30.4 Å². The average molecular weight is 603 g/mol. The Morgan fingerprint density at radius 1 is 1.10 bits per heavy atom. The molecule has 1 aromatic heterocycles. The zero-order valence-corrected chi connectivity index (χ0v) is 24.4. The molecule has 1 aliphatic carbocycles.